The molecule has 0 bridgehead atoms. The highest BCUT2D eigenvalue weighted by Crippen LogP contribution is 2.49. The molecule has 1 amide bonds. The number of thioether (sulfide) groups is 1. The number of hydrogen-bond donors (Lipinski definition) is 3. The van der Waals surface area contributed by atoms with E-state index in [1.54, 1.807) is 0 Å². The summed E-state index contributed by atoms with van der Waals surface area (Å²) in [5, 5.41) is 18.9. The van der Waals surface area contributed by atoms with Crippen LogP contribution in [-0.4, -0.2) is 41.1 Å². The standard InChI is InChI=1S/C33H39ClN2O3S/c1-3-23-13-14-30-25(17-23)28(19-33(39-30)15-8-16-33)35-20-29(37)27(18-24-9-5-4-6-10-24)36-32(38)21-40-31-12-7-11-26(34)22(31)2/h4-7,9-14,17,27-29,35,37H,3,8,15-16,18-21H2,1-2H3,(H,36,38)/t27?,28-,29-/m1/s1. The number of hydrogen-bond acceptors (Lipinski definition) is 5. The maximum Gasteiger partial charge on any atom is 0.230 e. The van der Waals surface area contributed by atoms with Crippen LogP contribution in [0.15, 0.2) is 71.6 Å². The summed E-state index contributed by atoms with van der Waals surface area (Å²) in [6.07, 6.45) is 4.97. The van der Waals surface area contributed by atoms with Gasteiger partial charge in [-0.3, -0.25) is 4.79 Å². The number of aliphatic hydroxyl groups excluding tert-OH is 1. The Morgan fingerprint density at radius 3 is 2.65 bits per heavy atom. The number of halogens is 1. The average Bonchev–Trinajstić information content (AvgIpc) is 2.95. The van der Waals surface area contributed by atoms with Crippen molar-refractivity contribution < 1.29 is 14.6 Å². The first-order chi connectivity index (χ1) is 19.4. The molecule has 1 aliphatic carbocycles. The number of amides is 1. The van der Waals surface area contributed by atoms with E-state index in [1.165, 1.54) is 29.3 Å². The van der Waals surface area contributed by atoms with Gasteiger partial charge in [-0.2, -0.15) is 0 Å². The molecule has 5 rings (SSSR count). The number of aliphatic hydroxyl groups is 1. The number of ether oxygens (including phenoxy) is 1. The van der Waals surface area contributed by atoms with E-state index in [9.17, 15) is 9.90 Å². The zero-order valence-corrected chi connectivity index (χ0v) is 24.9. The molecule has 3 atom stereocenters. The van der Waals surface area contributed by atoms with Crippen LogP contribution in [0.3, 0.4) is 0 Å². The molecule has 3 aromatic carbocycles. The van der Waals surface area contributed by atoms with Crippen molar-refractivity contribution in [3.8, 4) is 5.75 Å². The van der Waals surface area contributed by atoms with Gasteiger partial charge >= 0.3 is 0 Å². The maximum atomic E-state index is 13.1. The Hall–Kier alpha value is -2.51. The van der Waals surface area contributed by atoms with Crippen molar-refractivity contribution in [3.05, 3.63) is 94.0 Å². The fourth-order valence-electron chi connectivity index (χ4n) is 5.69. The van der Waals surface area contributed by atoms with E-state index in [0.29, 0.717) is 18.0 Å². The fourth-order valence-corrected chi connectivity index (χ4v) is 6.79. The SMILES string of the molecule is CCc1ccc2c(c1)[C@H](NC[C@@H](O)C(Cc1ccccc1)NC(=O)CSc1cccc(Cl)c1C)CC1(CCC1)O2. The molecule has 40 heavy (non-hydrogen) atoms. The van der Waals surface area contributed by atoms with Crippen molar-refractivity contribution in [1.29, 1.82) is 0 Å². The van der Waals surface area contributed by atoms with Gasteiger partial charge in [0, 0.05) is 34.5 Å². The van der Waals surface area contributed by atoms with Gasteiger partial charge in [0.15, 0.2) is 0 Å². The first-order valence-electron chi connectivity index (χ1n) is 14.3. The number of fused-ring (bicyclic) bond motifs is 1. The molecule has 1 spiro atoms. The number of nitrogens with one attached hydrogen (secondary N) is 2. The van der Waals surface area contributed by atoms with E-state index in [1.807, 2.05) is 55.5 Å². The third-order valence-electron chi connectivity index (χ3n) is 8.28. The van der Waals surface area contributed by atoms with Crippen LogP contribution in [0.1, 0.15) is 60.9 Å². The van der Waals surface area contributed by atoms with Crippen LogP contribution >= 0.6 is 23.4 Å². The van der Waals surface area contributed by atoms with Crippen molar-refractivity contribution >= 4 is 29.3 Å². The lowest BCUT2D eigenvalue weighted by Crippen LogP contribution is -2.52. The van der Waals surface area contributed by atoms with Crippen LogP contribution in [0, 0.1) is 6.92 Å². The minimum Gasteiger partial charge on any atom is -0.487 e. The molecule has 212 valence electrons. The lowest BCUT2D eigenvalue weighted by molar-refractivity contribution is -0.120. The Bertz CT molecular complexity index is 1310. The molecule has 1 unspecified atom stereocenters. The molecular weight excluding hydrogens is 540 g/mol. The Balaban J connectivity index is 1.27. The van der Waals surface area contributed by atoms with Crippen molar-refractivity contribution in [2.75, 3.05) is 12.3 Å². The third kappa shape index (κ3) is 6.85. The van der Waals surface area contributed by atoms with E-state index >= 15 is 0 Å². The van der Waals surface area contributed by atoms with Crippen LogP contribution in [0.4, 0.5) is 0 Å². The van der Waals surface area contributed by atoms with Crippen LogP contribution in [0.5, 0.6) is 5.75 Å². The molecular formula is C33H39ClN2O3S. The van der Waals surface area contributed by atoms with Gasteiger partial charge in [-0.05, 0) is 73.9 Å². The Morgan fingerprint density at radius 2 is 1.93 bits per heavy atom. The largest absolute Gasteiger partial charge is 0.487 e. The molecule has 1 saturated carbocycles. The van der Waals surface area contributed by atoms with Gasteiger partial charge in [0.1, 0.15) is 11.4 Å². The van der Waals surface area contributed by atoms with Crippen molar-refractivity contribution in [2.45, 2.75) is 81.1 Å². The average molecular weight is 579 g/mol. The molecule has 3 aromatic rings. The summed E-state index contributed by atoms with van der Waals surface area (Å²) in [5.41, 5.74) is 4.39. The summed E-state index contributed by atoms with van der Waals surface area (Å²) in [7, 11) is 0. The van der Waals surface area contributed by atoms with Gasteiger partial charge < -0.3 is 20.5 Å². The van der Waals surface area contributed by atoms with Gasteiger partial charge in [0.25, 0.3) is 0 Å². The van der Waals surface area contributed by atoms with Crippen molar-refractivity contribution in [3.63, 3.8) is 0 Å². The third-order valence-corrected chi connectivity index (χ3v) is 9.85. The van der Waals surface area contributed by atoms with Gasteiger partial charge in [0.2, 0.25) is 5.91 Å². The molecule has 5 nitrogen and oxygen atoms in total. The lowest BCUT2D eigenvalue weighted by Gasteiger charge is -2.48. The van der Waals surface area contributed by atoms with Gasteiger partial charge in [-0.1, -0.05) is 67.1 Å². The smallest absolute Gasteiger partial charge is 0.230 e. The highest BCUT2D eigenvalue weighted by atomic mass is 35.5. The summed E-state index contributed by atoms with van der Waals surface area (Å²) in [5.74, 6) is 1.10. The van der Waals surface area contributed by atoms with Crippen LogP contribution in [-0.2, 0) is 17.6 Å². The maximum absolute atomic E-state index is 13.1. The number of carbonyl (C=O) groups excluding carboxylic acids is 1. The molecule has 3 N–H and O–H groups in total. The van der Waals surface area contributed by atoms with Crippen LogP contribution in [0.2, 0.25) is 5.02 Å². The Labute approximate surface area is 247 Å². The van der Waals surface area contributed by atoms with E-state index in [4.69, 9.17) is 16.3 Å². The molecule has 2 aliphatic rings. The van der Waals surface area contributed by atoms with Crippen LogP contribution in [0.25, 0.3) is 0 Å². The van der Waals surface area contributed by atoms with E-state index in [0.717, 1.165) is 47.5 Å². The topological polar surface area (TPSA) is 70.6 Å². The molecule has 7 heteroatoms. The highest BCUT2D eigenvalue weighted by Gasteiger charge is 2.45. The zero-order valence-electron chi connectivity index (χ0n) is 23.3. The summed E-state index contributed by atoms with van der Waals surface area (Å²) in [4.78, 5) is 14.1. The predicted octanol–water partition coefficient (Wildman–Crippen LogP) is 6.43. The molecule has 1 heterocycles. The number of carbonyl (C=O) groups is 1. The second-order valence-corrected chi connectivity index (χ2v) is 12.5. The lowest BCUT2D eigenvalue weighted by atomic mass is 9.72. The minimum atomic E-state index is -0.764. The second kappa shape index (κ2) is 13.0. The zero-order chi connectivity index (χ0) is 28.1. The molecule has 0 saturated heterocycles. The Morgan fingerprint density at radius 1 is 1.12 bits per heavy atom. The summed E-state index contributed by atoms with van der Waals surface area (Å²) < 4.78 is 6.48. The highest BCUT2D eigenvalue weighted by molar-refractivity contribution is 8.00. The molecule has 1 aliphatic heterocycles. The minimum absolute atomic E-state index is 0.0969. The second-order valence-electron chi connectivity index (χ2n) is 11.1. The van der Waals surface area contributed by atoms with Crippen LogP contribution < -0.4 is 15.4 Å². The summed E-state index contributed by atoms with van der Waals surface area (Å²) >= 11 is 7.72. The molecule has 1 fully saturated rings. The first-order valence-corrected chi connectivity index (χ1v) is 15.7. The van der Waals surface area contributed by atoms with Gasteiger partial charge in [-0.15, -0.1) is 11.8 Å². The van der Waals surface area contributed by atoms with Gasteiger partial charge in [0.05, 0.1) is 17.9 Å². The van der Waals surface area contributed by atoms with Crippen molar-refractivity contribution in [1.82, 2.24) is 10.6 Å². The number of rotatable bonds is 11. The van der Waals surface area contributed by atoms with Crippen molar-refractivity contribution in [2.24, 2.45) is 0 Å². The van der Waals surface area contributed by atoms with E-state index in [2.05, 4.69) is 35.8 Å². The normalized spacial score (nSPS) is 18.8. The number of aryl methyl sites for hydroxylation is 1. The fraction of sp³-hybridized carbons (Fsp3) is 0.424. The Kier molecular flexibility index (Phi) is 9.41. The quantitative estimate of drug-likeness (QED) is 0.229. The monoisotopic (exact) mass is 578 g/mol. The molecule has 0 aromatic heterocycles. The summed E-state index contributed by atoms with van der Waals surface area (Å²) in [6, 6.07) is 21.9. The van der Waals surface area contributed by atoms with E-state index in [-0.39, 0.29) is 23.3 Å². The first kappa shape index (κ1) is 29.0. The number of benzene rings is 3. The molecule has 0 radical (unpaired) electrons. The van der Waals surface area contributed by atoms with Gasteiger partial charge in [-0.25, -0.2) is 0 Å². The van der Waals surface area contributed by atoms with E-state index < -0.39 is 12.1 Å². The summed E-state index contributed by atoms with van der Waals surface area (Å²) in [6.45, 7) is 4.49. The predicted molar refractivity (Wildman–Crippen MR) is 163 cm³/mol.